The first-order chi connectivity index (χ1) is 19.4. The van der Waals surface area contributed by atoms with Crippen molar-refractivity contribution < 1.29 is 18.7 Å². The molecule has 1 aromatic heterocycles. The number of methoxy groups -OCH3 is 1. The molecule has 0 unspecified atom stereocenters. The van der Waals surface area contributed by atoms with Gasteiger partial charge in [0.2, 0.25) is 0 Å². The summed E-state index contributed by atoms with van der Waals surface area (Å²) in [7, 11) is 1.43. The predicted octanol–water partition coefficient (Wildman–Crippen LogP) is 6.14. The number of carbonyl (C=O) groups excluding carboxylic acids is 2. The van der Waals surface area contributed by atoms with E-state index >= 15 is 0 Å². The minimum atomic E-state index is -0.285. The molecule has 0 spiro atoms. The molecule has 6 rings (SSSR count). The average molecular weight is 566 g/mol. The Morgan fingerprint density at radius 1 is 1.05 bits per heavy atom. The van der Waals surface area contributed by atoms with Crippen molar-refractivity contribution in [3.8, 4) is 0 Å². The molecule has 8 heteroatoms. The van der Waals surface area contributed by atoms with Crippen molar-refractivity contribution in [3.05, 3.63) is 70.6 Å². The summed E-state index contributed by atoms with van der Waals surface area (Å²) in [5, 5.41) is 1.56. The Bertz CT molecular complexity index is 1390. The van der Waals surface area contributed by atoms with Crippen LogP contribution in [0.3, 0.4) is 0 Å². The molecule has 3 saturated heterocycles. The summed E-state index contributed by atoms with van der Waals surface area (Å²) in [6, 6.07) is 14.7. The Labute approximate surface area is 240 Å². The van der Waals surface area contributed by atoms with Crippen LogP contribution in [0.4, 0.5) is 4.39 Å². The summed E-state index contributed by atoms with van der Waals surface area (Å²) >= 11 is 6.40. The van der Waals surface area contributed by atoms with Gasteiger partial charge in [0.1, 0.15) is 11.5 Å². The zero-order valence-electron chi connectivity index (χ0n) is 23.0. The van der Waals surface area contributed by atoms with Gasteiger partial charge in [0.25, 0.3) is 5.91 Å². The number of carbonyl (C=O) groups is 2. The lowest BCUT2D eigenvalue weighted by Gasteiger charge is -2.57. The lowest BCUT2D eigenvalue weighted by molar-refractivity contribution is -0.140. The highest BCUT2D eigenvalue weighted by atomic mass is 35.5. The van der Waals surface area contributed by atoms with Crippen LogP contribution in [0.2, 0.25) is 5.02 Å². The van der Waals surface area contributed by atoms with E-state index in [1.165, 1.54) is 25.7 Å². The molecule has 3 aliphatic rings. The number of piperidine rings is 3. The van der Waals surface area contributed by atoms with E-state index in [2.05, 4.69) is 9.80 Å². The van der Waals surface area contributed by atoms with Crippen LogP contribution in [0.15, 0.2) is 48.5 Å². The lowest BCUT2D eigenvalue weighted by Crippen LogP contribution is -2.65. The number of aromatic nitrogens is 1. The second kappa shape index (κ2) is 11.5. The number of nitrogens with zero attached hydrogens (tertiary/aromatic N) is 3. The summed E-state index contributed by atoms with van der Waals surface area (Å²) in [6.07, 6.45) is 6.42. The highest BCUT2D eigenvalue weighted by molar-refractivity contribution is 6.31. The van der Waals surface area contributed by atoms with Gasteiger partial charge in [0, 0.05) is 42.0 Å². The Morgan fingerprint density at radius 2 is 1.82 bits per heavy atom. The van der Waals surface area contributed by atoms with Crippen LogP contribution in [-0.4, -0.2) is 65.1 Å². The zero-order valence-corrected chi connectivity index (χ0v) is 23.8. The molecule has 0 saturated carbocycles. The number of rotatable bonds is 7. The van der Waals surface area contributed by atoms with Gasteiger partial charge in [-0.1, -0.05) is 29.8 Å². The molecule has 0 N–H and O–H groups in total. The number of ether oxygens (including phenoxy) is 1. The molecule has 212 valence electrons. The van der Waals surface area contributed by atoms with Crippen LogP contribution in [0.5, 0.6) is 0 Å². The van der Waals surface area contributed by atoms with Crippen molar-refractivity contribution in [3.63, 3.8) is 0 Å². The number of amides is 1. The van der Waals surface area contributed by atoms with E-state index in [1.54, 1.807) is 12.1 Å². The molecule has 3 aromatic rings. The Balaban J connectivity index is 1.37. The lowest BCUT2D eigenvalue weighted by atomic mass is 9.69. The molecular weight excluding hydrogens is 529 g/mol. The van der Waals surface area contributed by atoms with Gasteiger partial charge in [-0.3, -0.25) is 14.5 Å². The number of fused-ring (bicyclic) bond motifs is 1. The van der Waals surface area contributed by atoms with Crippen molar-refractivity contribution in [2.45, 2.75) is 63.6 Å². The standard InChI is InChI=1S/C32H37ClFN3O3/c1-40-30(38)8-2-7-27-26-6-4-16-35-15-3-5-23(31(26)35)20-37(27)32(39)29-17-22-11-12-24(33)18-28(22)36(29)19-21-9-13-25(34)14-10-21/h9-14,17-18,23,26-27,31H,2-8,15-16,19-20H2,1H3/t23-,26+,27+,31-/m0/s1. The fourth-order valence-corrected chi connectivity index (χ4v) is 7.82. The minimum absolute atomic E-state index is 0.0265. The van der Waals surface area contributed by atoms with Crippen molar-refractivity contribution >= 4 is 34.4 Å². The van der Waals surface area contributed by atoms with Gasteiger partial charge in [-0.25, -0.2) is 4.39 Å². The number of halogens is 2. The van der Waals surface area contributed by atoms with Crippen molar-refractivity contribution in [2.24, 2.45) is 11.8 Å². The predicted molar refractivity (Wildman–Crippen MR) is 154 cm³/mol. The molecule has 6 nitrogen and oxygen atoms in total. The number of esters is 1. The van der Waals surface area contributed by atoms with Gasteiger partial charge in [0.05, 0.1) is 12.6 Å². The molecule has 40 heavy (non-hydrogen) atoms. The third-order valence-corrected chi connectivity index (χ3v) is 9.62. The van der Waals surface area contributed by atoms with E-state index in [-0.39, 0.29) is 23.7 Å². The maximum Gasteiger partial charge on any atom is 0.305 e. The van der Waals surface area contributed by atoms with Crippen molar-refractivity contribution in [1.29, 1.82) is 0 Å². The highest BCUT2D eigenvalue weighted by Crippen LogP contribution is 2.44. The van der Waals surface area contributed by atoms with E-state index in [4.69, 9.17) is 16.3 Å². The molecular formula is C32H37ClFN3O3. The van der Waals surface area contributed by atoms with E-state index in [0.29, 0.717) is 48.0 Å². The highest BCUT2D eigenvalue weighted by Gasteiger charge is 2.49. The molecule has 4 heterocycles. The summed E-state index contributed by atoms with van der Waals surface area (Å²) in [5.41, 5.74) is 2.43. The molecule has 3 aliphatic heterocycles. The first kappa shape index (κ1) is 27.3. The largest absolute Gasteiger partial charge is 0.469 e. The van der Waals surface area contributed by atoms with Gasteiger partial charge in [0.15, 0.2) is 0 Å². The smallest absolute Gasteiger partial charge is 0.305 e. The Kier molecular flexibility index (Phi) is 7.87. The number of likely N-dealkylation sites (tertiary alicyclic amines) is 1. The summed E-state index contributed by atoms with van der Waals surface area (Å²) in [5.74, 6) is 0.402. The van der Waals surface area contributed by atoms with E-state index < -0.39 is 0 Å². The fourth-order valence-electron chi connectivity index (χ4n) is 7.65. The minimum Gasteiger partial charge on any atom is -0.469 e. The second-order valence-corrected chi connectivity index (χ2v) is 12.1. The van der Waals surface area contributed by atoms with Crippen LogP contribution in [0, 0.1) is 17.7 Å². The SMILES string of the molecule is COC(=O)CCC[C@@H]1[C@H]2CCCN3CCC[C@@H](CN1C(=O)c1cc4ccc(Cl)cc4n1Cc1ccc(F)cc1)[C@@H]23. The monoisotopic (exact) mass is 565 g/mol. The summed E-state index contributed by atoms with van der Waals surface area (Å²) in [6.45, 7) is 3.47. The molecule has 1 amide bonds. The molecule has 0 radical (unpaired) electrons. The van der Waals surface area contributed by atoms with Crippen molar-refractivity contribution in [2.75, 3.05) is 26.7 Å². The third kappa shape index (κ3) is 5.26. The van der Waals surface area contributed by atoms with Crippen LogP contribution >= 0.6 is 11.6 Å². The van der Waals surface area contributed by atoms with Crippen molar-refractivity contribution in [1.82, 2.24) is 14.4 Å². The Hall–Kier alpha value is -2.90. The van der Waals surface area contributed by atoms with Crippen LogP contribution in [-0.2, 0) is 16.1 Å². The Morgan fingerprint density at radius 3 is 2.60 bits per heavy atom. The summed E-state index contributed by atoms with van der Waals surface area (Å²) in [4.78, 5) is 31.4. The topological polar surface area (TPSA) is 54.8 Å². The maximum absolute atomic E-state index is 14.6. The number of benzene rings is 2. The normalized spacial score (nSPS) is 24.6. The molecule has 2 aromatic carbocycles. The first-order valence-electron chi connectivity index (χ1n) is 14.6. The van der Waals surface area contributed by atoms with Gasteiger partial charge in [-0.2, -0.15) is 0 Å². The van der Waals surface area contributed by atoms with Crippen LogP contribution in [0.1, 0.15) is 61.0 Å². The number of hydrogen-bond donors (Lipinski definition) is 0. The van der Waals surface area contributed by atoms with Gasteiger partial charge >= 0.3 is 5.97 Å². The van der Waals surface area contributed by atoms with Crippen LogP contribution < -0.4 is 0 Å². The second-order valence-electron chi connectivity index (χ2n) is 11.7. The molecule has 3 fully saturated rings. The third-order valence-electron chi connectivity index (χ3n) is 9.38. The molecule has 0 bridgehead atoms. The zero-order chi connectivity index (χ0) is 27.8. The average Bonchev–Trinajstić information content (AvgIpc) is 3.32. The quantitative estimate of drug-likeness (QED) is 0.323. The first-order valence-corrected chi connectivity index (χ1v) is 15.0. The molecule has 0 aliphatic carbocycles. The number of hydrogen-bond acceptors (Lipinski definition) is 4. The van der Waals surface area contributed by atoms with Gasteiger partial charge < -0.3 is 14.2 Å². The van der Waals surface area contributed by atoms with E-state index in [0.717, 1.165) is 61.8 Å². The molecule has 4 atom stereocenters. The van der Waals surface area contributed by atoms with Gasteiger partial charge in [-0.15, -0.1) is 0 Å². The van der Waals surface area contributed by atoms with E-state index in [9.17, 15) is 14.0 Å². The van der Waals surface area contributed by atoms with Crippen LogP contribution in [0.25, 0.3) is 10.9 Å². The summed E-state index contributed by atoms with van der Waals surface area (Å²) < 4.78 is 20.6. The van der Waals surface area contributed by atoms with E-state index in [1.807, 2.05) is 28.8 Å². The van der Waals surface area contributed by atoms with Gasteiger partial charge in [-0.05, 0) is 99.3 Å². The fraction of sp³-hybridized carbons (Fsp3) is 0.500. The maximum atomic E-state index is 14.6.